The summed E-state index contributed by atoms with van der Waals surface area (Å²) in [5.41, 5.74) is 4.00. The Balaban J connectivity index is 1.50. The molecule has 0 saturated carbocycles. The smallest absolute Gasteiger partial charge is 0.267 e. The van der Waals surface area contributed by atoms with Crippen LogP contribution in [0.4, 0.5) is 11.4 Å². The van der Waals surface area contributed by atoms with Crippen LogP contribution in [0.15, 0.2) is 58.8 Å². The number of amides is 1. The Hall–Kier alpha value is -2.39. The third-order valence-corrected chi connectivity index (χ3v) is 8.70. The maximum atomic E-state index is 13.4. The Morgan fingerprint density at radius 1 is 1.03 bits per heavy atom. The second kappa shape index (κ2) is 9.23. The number of anilines is 2. The molecule has 1 amide bonds. The van der Waals surface area contributed by atoms with Gasteiger partial charge in [0.05, 0.1) is 0 Å². The highest BCUT2D eigenvalue weighted by molar-refractivity contribution is 7.89. The normalized spacial score (nSPS) is 15.0. The number of thiophene rings is 1. The molecular weight excluding hydrogens is 466 g/mol. The number of carbonyl (C=O) groups is 1. The Labute approximate surface area is 197 Å². The molecule has 0 aliphatic carbocycles. The molecule has 2 aromatic carbocycles. The lowest BCUT2D eigenvalue weighted by atomic mass is 10.1. The molecule has 4 rings (SSSR count). The fourth-order valence-corrected chi connectivity index (χ4v) is 6.70. The molecule has 0 radical (unpaired) electrons. The summed E-state index contributed by atoms with van der Waals surface area (Å²) < 4.78 is 28.2. The van der Waals surface area contributed by atoms with Crippen LogP contribution in [-0.4, -0.2) is 44.8 Å². The van der Waals surface area contributed by atoms with Gasteiger partial charge in [0.15, 0.2) is 0 Å². The first kappa shape index (κ1) is 22.8. The van der Waals surface area contributed by atoms with E-state index in [0.717, 1.165) is 17.0 Å². The number of sulfonamides is 1. The van der Waals surface area contributed by atoms with Crippen molar-refractivity contribution in [2.75, 3.05) is 36.4 Å². The van der Waals surface area contributed by atoms with Gasteiger partial charge in [0, 0.05) is 42.6 Å². The molecule has 9 heteroatoms. The van der Waals surface area contributed by atoms with E-state index in [9.17, 15) is 13.2 Å². The van der Waals surface area contributed by atoms with Crippen LogP contribution in [0.2, 0.25) is 5.02 Å². The van der Waals surface area contributed by atoms with Gasteiger partial charge >= 0.3 is 0 Å². The largest absolute Gasteiger partial charge is 0.369 e. The summed E-state index contributed by atoms with van der Waals surface area (Å²) in [6, 6.07) is 14.6. The van der Waals surface area contributed by atoms with Gasteiger partial charge in [-0.1, -0.05) is 29.8 Å². The van der Waals surface area contributed by atoms with E-state index in [-0.39, 0.29) is 9.77 Å². The number of halogens is 1. The second-order valence-electron chi connectivity index (χ2n) is 7.76. The minimum absolute atomic E-state index is 0.0437. The van der Waals surface area contributed by atoms with Crippen LogP contribution in [0.25, 0.3) is 0 Å². The van der Waals surface area contributed by atoms with Crippen molar-refractivity contribution in [3.05, 3.63) is 74.9 Å². The number of nitrogens with zero attached hydrogens (tertiary/aromatic N) is 2. The molecule has 6 nitrogen and oxygen atoms in total. The van der Waals surface area contributed by atoms with Gasteiger partial charge < -0.3 is 10.2 Å². The van der Waals surface area contributed by atoms with Crippen LogP contribution >= 0.6 is 22.9 Å². The molecule has 1 N–H and O–H groups in total. The zero-order chi connectivity index (χ0) is 22.9. The van der Waals surface area contributed by atoms with Gasteiger partial charge in [0.1, 0.15) is 9.77 Å². The molecule has 1 aliphatic rings. The Kier molecular flexibility index (Phi) is 6.57. The van der Waals surface area contributed by atoms with Gasteiger partial charge in [0.25, 0.3) is 5.91 Å². The molecular formula is C23H24ClN3O3S2. The highest BCUT2D eigenvalue weighted by Crippen LogP contribution is 2.29. The van der Waals surface area contributed by atoms with Crippen molar-refractivity contribution < 1.29 is 13.2 Å². The average molecular weight is 490 g/mol. The summed E-state index contributed by atoms with van der Waals surface area (Å²) >= 11 is 7.09. The predicted octanol–water partition coefficient (Wildman–Crippen LogP) is 4.78. The maximum absolute atomic E-state index is 13.4. The minimum atomic E-state index is -3.79. The molecule has 2 heterocycles. The van der Waals surface area contributed by atoms with E-state index in [1.165, 1.54) is 21.5 Å². The highest BCUT2D eigenvalue weighted by atomic mass is 35.5. The Morgan fingerprint density at radius 2 is 1.78 bits per heavy atom. The number of nitrogens with one attached hydrogen (secondary N) is 1. The lowest BCUT2D eigenvalue weighted by Crippen LogP contribution is -2.49. The molecule has 32 heavy (non-hydrogen) atoms. The van der Waals surface area contributed by atoms with Crippen LogP contribution in [0.5, 0.6) is 0 Å². The van der Waals surface area contributed by atoms with Crippen LogP contribution in [0, 0.1) is 13.8 Å². The van der Waals surface area contributed by atoms with Gasteiger partial charge in [-0.15, -0.1) is 11.3 Å². The fourth-order valence-electron chi connectivity index (χ4n) is 3.79. The van der Waals surface area contributed by atoms with Crippen LogP contribution < -0.4 is 10.2 Å². The van der Waals surface area contributed by atoms with Crippen LogP contribution in [-0.2, 0) is 10.0 Å². The molecule has 0 unspecified atom stereocenters. The number of aryl methyl sites for hydroxylation is 2. The molecule has 0 atom stereocenters. The summed E-state index contributed by atoms with van der Waals surface area (Å²) in [4.78, 5) is 15.2. The maximum Gasteiger partial charge on any atom is 0.267 e. The summed E-state index contributed by atoms with van der Waals surface area (Å²) in [7, 11) is -3.79. The fraction of sp³-hybridized carbons (Fsp3) is 0.261. The first-order valence-corrected chi connectivity index (χ1v) is 12.9. The van der Waals surface area contributed by atoms with Crippen molar-refractivity contribution >= 4 is 50.2 Å². The zero-order valence-corrected chi connectivity index (χ0v) is 20.2. The van der Waals surface area contributed by atoms with Crippen molar-refractivity contribution in [3.63, 3.8) is 0 Å². The van der Waals surface area contributed by atoms with Crippen molar-refractivity contribution in [1.82, 2.24) is 4.31 Å². The average Bonchev–Trinajstić information content (AvgIpc) is 3.27. The Bertz CT molecular complexity index is 1250. The van der Waals surface area contributed by atoms with E-state index in [2.05, 4.69) is 42.3 Å². The summed E-state index contributed by atoms with van der Waals surface area (Å²) in [6.45, 7) is 6.03. The van der Waals surface area contributed by atoms with E-state index in [4.69, 9.17) is 11.6 Å². The molecule has 3 aromatic rings. The molecule has 1 saturated heterocycles. The van der Waals surface area contributed by atoms with Gasteiger partial charge in [-0.2, -0.15) is 4.31 Å². The first-order chi connectivity index (χ1) is 15.3. The SMILES string of the molecule is Cc1ccc(C)c(N2CCN(S(=O)(=O)c3ccsc3C(=O)Nc3cccc(Cl)c3)CC2)c1. The summed E-state index contributed by atoms with van der Waals surface area (Å²) in [5, 5.41) is 4.86. The topological polar surface area (TPSA) is 69.7 Å². The van der Waals surface area contributed by atoms with Crippen molar-refractivity contribution in [3.8, 4) is 0 Å². The van der Waals surface area contributed by atoms with E-state index >= 15 is 0 Å². The van der Waals surface area contributed by atoms with Gasteiger partial charge in [0.2, 0.25) is 10.0 Å². The quantitative estimate of drug-likeness (QED) is 0.560. The van der Waals surface area contributed by atoms with Crippen molar-refractivity contribution in [2.45, 2.75) is 18.7 Å². The molecule has 1 aromatic heterocycles. The summed E-state index contributed by atoms with van der Waals surface area (Å²) in [6.07, 6.45) is 0. The van der Waals surface area contributed by atoms with Crippen LogP contribution in [0.1, 0.15) is 20.8 Å². The Morgan fingerprint density at radius 3 is 2.50 bits per heavy atom. The van der Waals surface area contributed by atoms with E-state index < -0.39 is 15.9 Å². The molecule has 1 aliphatic heterocycles. The molecule has 0 spiro atoms. The first-order valence-electron chi connectivity index (χ1n) is 10.2. The van der Waals surface area contributed by atoms with Gasteiger partial charge in [-0.25, -0.2) is 8.42 Å². The lowest BCUT2D eigenvalue weighted by Gasteiger charge is -2.36. The monoisotopic (exact) mass is 489 g/mol. The summed E-state index contributed by atoms with van der Waals surface area (Å²) in [5.74, 6) is -0.463. The lowest BCUT2D eigenvalue weighted by molar-refractivity contribution is 0.102. The zero-order valence-electron chi connectivity index (χ0n) is 17.8. The standard InChI is InChI=1S/C23H24ClN3O3S2/c1-16-6-7-17(2)20(14-16)26-9-11-27(12-10-26)32(29,30)21-8-13-31-22(21)23(28)25-19-5-3-4-18(24)15-19/h3-8,13-15H,9-12H2,1-2H3,(H,25,28). The molecule has 168 valence electrons. The van der Waals surface area contributed by atoms with E-state index in [1.807, 2.05) is 0 Å². The number of carbonyl (C=O) groups excluding carboxylic acids is 1. The number of hydrogen-bond acceptors (Lipinski definition) is 5. The number of piperazine rings is 1. The molecule has 0 bridgehead atoms. The number of hydrogen-bond donors (Lipinski definition) is 1. The number of rotatable bonds is 5. The van der Waals surface area contributed by atoms with Gasteiger partial charge in [-0.05, 0) is 60.7 Å². The van der Waals surface area contributed by atoms with E-state index in [0.29, 0.717) is 36.9 Å². The third-order valence-electron chi connectivity index (χ3n) is 5.48. The van der Waals surface area contributed by atoms with E-state index in [1.54, 1.807) is 29.6 Å². The van der Waals surface area contributed by atoms with Crippen molar-refractivity contribution in [2.24, 2.45) is 0 Å². The van der Waals surface area contributed by atoms with Crippen molar-refractivity contribution in [1.29, 1.82) is 0 Å². The number of benzene rings is 2. The predicted molar refractivity (Wildman–Crippen MR) is 131 cm³/mol. The van der Waals surface area contributed by atoms with Crippen LogP contribution in [0.3, 0.4) is 0 Å². The highest BCUT2D eigenvalue weighted by Gasteiger charge is 2.33. The third kappa shape index (κ3) is 4.68. The second-order valence-corrected chi connectivity index (χ2v) is 11.0. The van der Waals surface area contributed by atoms with Gasteiger partial charge in [-0.3, -0.25) is 4.79 Å². The molecule has 1 fully saturated rings. The minimum Gasteiger partial charge on any atom is -0.369 e.